The first kappa shape index (κ1) is 56.1. The Hall–Kier alpha value is -7.09. The van der Waals surface area contributed by atoms with Gasteiger partial charge in [0, 0.05) is 30.1 Å². The van der Waals surface area contributed by atoms with Crippen LogP contribution in [-0.2, 0) is 70.2 Å². The van der Waals surface area contributed by atoms with Gasteiger partial charge in [-0.2, -0.15) is 0 Å². The Morgan fingerprint density at radius 2 is 1.39 bits per heavy atom. The molecule has 3 fully saturated rings. The van der Waals surface area contributed by atoms with Crippen LogP contribution in [0.4, 0.5) is 14.4 Å². The molecule has 3 aromatic carbocycles. The monoisotopic (exact) mass is 1080 g/mol. The topological polar surface area (TPSA) is 235 Å². The molecular formula is C58H65NO17S. The van der Waals surface area contributed by atoms with Crippen LogP contribution in [0.3, 0.4) is 0 Å². The molecule has 0 spiro atoms. The second kappa shape index (κ2) is 22.1. The lowest BCUT2D eigenvalue weighted by Gasteiger charge is -2.67. The Balaban J connectivity index is 1.31. The van der Waals surface area contributed by atoms with E-state index in [1.165, 1.54) is 30.4 Å². The van der Waals surface area contributed by atoms with Crippen LogP contribution in [0.5, 0.6) is 0 Å². The Bertz CT molecular complexity index is 2870. The molecule has 1 amide bonds. The summed E-state index contributed by atoms with van der Waals surface area (Å²) in [5.41, 5.74) is -7.91. The van der Waals surface area contributed by atoms with Crippen molar-refractivity contribution in [1.82, 2.24) is 5.32 Å². The number of alkyl carbamates (subject to hydrolysis) is 1. The number of esters is 3. The van der Waals surface area contributed by atoms with E-state index in [-0.39, 0.29) is 43.0 Å². The molecular weight excluding hydrogens is 1010 g/mol. The molecule has 410 valence electrons. The lowest BCUT2D eigenvalue weighted by Crippen LogP contribution is -2.82. The number of amides is 1. The molecule has 11 atom stereocenters. The summed E-state index contributed by atoms with van der Waals surface area (Å²) in [6.07, 6.45) is -12.3. The number of benzene rings is 3. The third kappa shape index (κ3) is 11.2. The van der Waals surface area contributed by atoms with Crippen LogP contribution in [0.25, 0.3) is 0 Å². The van der Waals surface area contributed by atoms with Gasteiger partial charge >= 0.3 is 36.3 Å². The number of ether oxygens (including phenoxy) is 9. The number of aliphatic hydroxyl groups is 1. The molecule has 4 aromatic rings. The maximum atomic E-state index is 16.6. The first-order chi connectivity index (χ1) is 36.4. The zero-order chi connectivity index (χ0) is 55.7. The average molecular weight is 1080 g/mol. The number of hydrogen-bond acceptors (Lipinski definition) is 18. The predicted octanol–water partition coefficient (Wildman–Crippen LogP) is 9.32. The van der Waals surface area contributed by atoms with E-state index in [1.807, 2.05) is 0 Å². The summed E-state index contributed by atoms with van der Waals surface area (Å²) in [6.45, 7) is 13.0. The molecule has 0 radical (unpaired) electrons. The van der Waals surface area contributed by atoms with Gasteiger partial charge in [0.15, 0.2) is 17.5 Å². The zero-order valence-electron chi connectivity index (χ0n) is 44.4. The molecule has 2 bridgehead atoms. The fourth-order valence-corrected chi connectivity index (χ4v) is 12.3. The summed E-state index contributed by atoms with van der Waals surface area (Å²) in [6, 6.07) is 27.8. The maximum absolute atomic E-state index is 16.6. The molecule has 4 aliphatic rings. The smallest absolute Gasteiger partial charge is 0.457 e. The first-order valence-electron chi connectivity index (χ1n) is 25.4. The second-order valence-electron chi connectivity index (χ2n) is 21.8. The van der Waals surface area contributed by atoms with E-state index in [1.54, 1.807) is 145 Å². The van der Waals surface area contributed by atoms with Crippen molar-refractivity contribution >= 4 is 53.4 Å². The normalized spacial score (nSPS) is 27.9. The largest absolute Gasteiger partial charge is 0.509 e. The van der Waals surface area contributed by atoms with Gasteiger partial charge in [0.2, 0.25) is 0 Å². The highest BCUT2D eigenvalue weighted by Crippen LogP contribution is 2.65. The summed E-state index contributed by atoms with van der Waals surface area (Å²) >= 11 is 1.28. The van der Waals surface area contributed by atoms with Gasteiger partial charge in [-0.05, 0) is 87.4 Å². The minimum absolute atomic E-state index is 0.0408. The summed E-state index contributed by atoms with van der Waals surface area (Å²) in [7, 11) is 0. The lowest BCUT2D eigenvalue weighted by atomic mass is 9.44. The van der Waals surface area contributed by atoms with Crippen molar-refractivity contribution < 1.29 is 81.3 Å². The van der Waals surface area contributed by atoms with Gasteiger partial charge in [0.25, 0.3) is 0 Å². The standard InChI is InChI=1S/C58H65NO17S/c1-33-39(71-49(62)34(2)44(40-26-19-27-77-40)59-51(64)76-54(4,5)6)29-58(67)48(74-50(63)38-24-17-12-18-25-38)46-56(9,47(61)45(43(33)55(58,7)8)73-53(66)69-31-37-22-15-11-16-23-37)41(28-42-57(46,32-70-42)75-35(3)60)72-52(65)68-30-36-20-13-10-14-21-36/h10-27,34,39,41-42,44-46,48,67H,28-32H2,1-9H3,(H,59,64)/t34-,39+,41+,42-,44-,45-,46?,48?,56-,57+,58-/m1/s1. The number of carbonyl (C=O) groups is 7. The molecule has 1 aromatic heterocycles. The van der Waals surface area contributed by atoms with Crippen LogP contribution >= 0.6 is 11.3 Å². The average Bonchev–Trinajstić information content (AvgIpc) is 4.01. The van der Waals surface area contributed by atoms with Crippen LogP contribution in [0.15, 0.2) is 120 Å². The molecule has 2 heterocycles. The highest BCUT2D eigenvalue weighted by molar-refractivity contribution is 7.10. The molecule has 8 rings (SSSR count). The lowest BCUT2D eigenvalue weighted by molar-refractivity contribution is -0.346. The fourth-order valence-electron chi connectivity index (χ4n) is 11.4. The van der Waals surface area contributed by atoms with E-state index in [2.05, 4.69) is 5.32 Å². The van der Waals surface area contributed by atoms with Gasteiger partial charge in [0.1, 0.15) is 48.8 Å². The van der Waals surface area contributed by atoms with Crippen molar-refractivity contribution in [3.63, 3.8) is 0 Å². The molecule has 77 heavy (non-hydrogen) atoms. The molecule has 2 saturated carbocycles. The number of thiophene rings is 1. The van der Waals surface area contributed by atoms with Crippen molar-refractivity contribution in [2.45, 2.75) is 142 Å². The first-order valence-corrected chi connectivity index (χ1v) is 26.3. The third-order valence-corrected chi connectivity index (χ3v) is 16.3. The number of Topliss-reactive ketones (excluding diaryl/α,β-unsaturated/α-hetero) is 1. The second-order valence-corrected chi connectivity index (χ2v) is 22.7. The predicted molar refractivity (Wildman–Crippen MR) is 276 cm³/mol. The van der Waals surface area contributed by atoms with Gasteiger partial charge in [0.05, 0.1) is 35.5 Å². The summed E-state index contributed by atoms with van der Waals surface area (Å²) in [4.78, 5) is 102. The Kier molecular flexibility index (Phi) is 16.1. The van der Waals surface area contributed by atoms with Gasteiger partial charge in [-0.25, -0.2) is 19.2 Å². The van der Waals surface area contributed by atoms with Crippen molar-refractivity contribution in [3.8, 4) is 0 Å². The molecule has 2 unspecified atom stereocenters. The third-order valence-electron chi connectivity index (χ3n) is 15.4. The summed E-state index contributed by atoms with van der Waals surface area (Å²) < 4.78 is 54.7. The number of ketones is 1. The van der Waals surface area contributed by atoms with Gasteiger partial charge < -0.3 is 53.1 Å². The number of hydrogen-bond donors (Lipinski definition) is 2. The van der Waals surface area contributed by atoms with E-state index in [4.69, 9.17) is 42.6 Å². The number of nitrogens with one attached hydrogen (secondary N) is 1. The van der Waals surface area contributed by atoms with E-state index in [0.29, 0.717) is 16.0 Å². The molecule has 18 nitrogen and oxygen atoms in total. The molecule has 2 N–H and O–H groups in total. The zero-order valence-corrected chi connectivity index (χ0v) is 45.3. The minimum atomic E-state index is -2.48. The van der Waals surface area contributed by atoms with E-state index in [0.717, 1.165) is 6.92 Å². The van der Waals surface area contributed by atoms with Gasteiger partial charge in [-0.1, -0.05) is 98.8 Å². The Morgan fingerprint density at radius 3 is 1.92 bits per heavy atom. The Labute approximate surface area is 450 Å². The highest BCUT2D eigenvalue weighted by atomic mass is 32.1. The number of fused-ring (bicyclic) bond motifs is 5. The van der Waals surface area contributed by atoms with Crippen LogP contribution < -0.4 is 5.32 Å². The molecule has 1 aliphatic heterocycles. The van der Waals surface area contributed by atoms with Crippen molar-refractivity contribution in [2.75, 3.05) is 6.61 Å². The quantitative estimate of drug-likeness (QED) is 0.0680. The minimum Gasteiger partial charge on any atom is -0.457 e. The number of rotatable bonds is 14. The van der Waals surface area contributed by atoms with Crippen molar-refractivity contribution in [2.24, 2.45) is 22.7 Å². The SMILES string of the molecule is CC(=O)O[C@@]12CO[C@@H]1C[C@H](OC(=O)OCc1ccccc1)[C@@]1(C)C(=O)[C@H](OC(=O)OCc3ccccc3)C3=C(C)[C@@H](OC(=O)[C@H](C)[C@@H](NC(=O)OC(C)(C)C)c4cccs4)C[C@@](O)(C(OC(=O)c4ccccc4)C12)C3(C)C. The molecule has 1 saturated heterocycles. The van der Waals surface area contributed by atoms with Crippen molar-refractivity contribution in [3.05, 3.63) is 141 Å². The fraction of sp³-hybridized carbons (Fsp3) is 0.466. The van der Waals surface area contributed by atoms with E-state index >= 15 is 4.79 Å². The van der Waals surface area contributed by atoms with Crippen LogP contribution in [-0.4, -0.2) is 101 Å². The summed E-state index contributed by atoms with van der Waals surface area (Å²) in [5.74, 6) is -6.40. The van der Waals surface area contributed by atoms with Crippen LogP contribution in [0.2, 0.25) is 0 Å². The highest BCUT2D eigenvalue weighted by Gasteiger charge is 2.79. The van der Waals surface area contributed by atoms with E-state index < -0.39 is 125 Å². The number of carbonyl (C=O) groups excluding carboxylic acids is 7. The van der Waals surface area contributed by atoms with Crippen molar-refractivity contribution in [1.29, 1.82) is 0 Å². The summed E-state index contributed by atoms with van der Waals surface area (Å²) in [5, 5.41) is 18.8. The molecule has 3 aliphatic carbocycles. The van der Waals surface area contributed by atoms with Crippen LogP contribution in [0, 0.1) is 22.7 Å². The van der Waals surface area contributed by atoms with Crippen LogP contribution in [0.1, 0.15) is 108 Å². The van der Waals surface area contributed by atoms with Gasteiger partial charge in [-0.3, -0.25) is 14.4 Å². The van der Waals surface area contributed by atoms with E-state index in [9.17, 15) is 33.9 Å². The van der Waals surface area contributed by atoms with Gasteiger partial charge in [-0.15, -0.1) is 11.3 Å². The Morgan fingerprint density at radius 1 is 0.805 bits per heavy atom. The molecule has 19 heteroatoms. The maximum Gasteiger partial charge on any atom is 0.509 e.